The first-order valence-corrected chi connectivity index (χ1v) is 11.4. The summed E-state index contributed by atoms with van der Waals surface area (Å²) >= 11 is 0. The van der Waals surface area contributed by atoms with Gasteiger partial charge >= 0.3 is 26.2 Å². The number of halogens is 2. The van der Waals surface area contributed by atoms with Crippen LogP contribution in [0.1, 0.15) is 67.2 Å². The van der Waals surface area contributed by atoms with Gasteiger partial charge in [0.15, 0.2) is 0 Å². The Labute approximate surface area is 198 Å². The van der Waals surface area contributed by atoms with Crippen molar-refractivity contribution in [3.8, 4) is 0 Å². The van der Waals surface area contributed by atoms with Crippen molar-refractivity contribution in [3.63, 3.8) is 0 Å². The second-order valence-electron chi connectivity index (χ2n) is 7.27. The average molecular weight is 494 g/mol. The van der Waals surface area contributed by atoms with E-state index in [1.165, 1.54) is 35.1 Å². The molecule has 0 amide bonds. The fourth-order valence-electron chi connectivity index (χ4n) is 2.46. The molecule has 0 unspecified atom stereocenters. The zero-order chi connectivity index (χ0) is 17.8. The molecule has 0 heterocycles. The smallest absolute Gasteiger partial charge is 0.269 e. The van der Waals surface area contributed by atoms with E-state index < -0.39 is 0 Å². The maximum Gasteiger partial charge on any atom is 2.00 e. The van der Waals surface area contributed by atoms with Gasteiger partial charge in [-0.1, -0.05) is 53.6 Å². The Morgan fingerprint density at radius 1 is 0.808 bits per heavy atom. The second-order valence-corrected chi connectivity index (χ2v) is 8.42. The third-order valence-electron chi connectivity index (χ3n) is 3.62. The van der Waals surface area contributed by atoms with Gasteiger partial charge in [-0.05, 0) is 11.8 Å². The quantitative estimate of drug-likeness (QED) is 0.280. The molecule has 0 bridgehead atoms. The molecule has 0 aromatic heterocycles. The SMILES string of the molecule is CC1=CC[C-]=C1CC(C)C.CC1=CC[C-]=C1CC(C)C.C[SiH]C.Cl.Cl.[Zr+2]. The van der Waals surface area contributed by atoms with E-state index in [9.17, 15) is 0 Å². The third-order valence-corrected chi connectivity index (χ3v) is 3.62. The van der Waals surface area contributed by atoms with E-state index in [-0.39, 0.29) is 51.0 Å². The van der Waals surface area contributed by atoms with Crippen molar-refractivity contribution in [2.24, 2.45) is 11.8 Å². The van der Waals surface area contributed by atoms with Crippen LogP contribution in [0.4, 0.5) is 0 Å². The minimum atomic E-state index is 0. The van der Waals surface area contributed by atoms with Gasteiger partial charge in [-0.25, -0.2) is 22.3 Å². The van der Waals surface area contributed by atoms with E-state index in [2.05, 4.69) is 78.9 Å². The summed E-state index contributed by atoms with van der Waals surface area (Å²) in [4.78, 5) is 0. The summed E-state index contributed by atoms with van der Waals surface area (Å²) in [5, 5.41) is 0. The third kappa shape index (κ3) is 16.8. The average Bonchev–Trinajstić information content (AvgIpc) is 3.01. The van der Waals surface area contributed by atoms with E-state index in [0.29, 0.717) is 0 Å². The van der Waals surface area contributed by atoms with Crippen LogP contribution < -0.4 is 0 Å². The molecule has 0 aromatic rings. The van der Waals surface area contributed by atoms with Crippen molar-refractivity contribution in [3.05, 3.63) is 46.6 Å². The molecule has 26 heavy (non-hydrogen) atoms. The van der Waals surface area contributed by atoms with E-state index in [1.54, 1.807) is 0 Å². The molecule has 0 saturated carbocycles. The summed E-state index contributed by atoms with van der Waals surface area (Å²) < 4.78 is 0. The predicted octanol–water partition coefficient (Wildman–Crippen LogP) is 7.58. The van der Waals surface area contributed by atoms with Gasteiger partial charge in [0.25, 0.3) is 0 Å². The summed E-state index contributed by atoms with van der Waals surface area (Å²) in [5.74, 6) is 1.54. The largest absolute Gasteiger partial charge is 2.00 e. The first-order chi connectivity index (χ1) is 10.8. The van der Waals surface area contributed by atoms with Crippen LogP contribution in [0, 0.1) is 24.0 Å². The summed E-state index contributed by atoms with van der Waals surface area (Å²) in [6.07, 6.45) is 15.7. The monoisotopic (exact) mass is 491 g/mol. The van der Waals surface area contributed by atoms with Crippen LogP contribution in [-0.2, 0) is 26.2 Å². The van der Waals surface area contributed by atoms with Crippen molar-refractivity contribution < 1.29 is 26.2 Å². The topological polar surface area (TPSA) is 0 Å². The summed E-state index contributed by atoms with van der Waals surface area (Å²) in [5.41, 5.74) is 5.76. The van der Waals surface area contributed by atoms with Crippen molar-refractivity contribution in [1.82, 2.24) is 0 Å². The molecule has 0 N–H and O–H groups in total. The molecule has 2 aliphatic rings. The van der Waals surface area contributed by atoms with Gasteiger partial charge in [0, 0.05) is 9.52 Å². The first-order valence-electron chi connectivity index (χ1n) is 9.09. The molecule has 0 aromatic carbocycles. The van der Waals surface area contributed by atoms with Crippen molar-refractivity contribution in [2.45, 2.75) is 80.3 Å². The van der Waals surface area contributed by atoms with Gasteiger partial charge in [0.2, 0.25) is 0 Å². The molecular weight excluding hydrogens is 454 g/mol. The molecular formula is C22H39Cl2SiZr. The van der Waals surface area contributed by atoms with Gasteiger partial charge in [0.05, 0.1) is 0 Å². The van der Waals surface area contributed by atoms with Crippen molar-refractivity contribution in [2.75, 3.05) is 0 Å². The Bertz CT molecular complexity index is 419. The minimum Gasteiger partial charge on any atom is -0.269 e. The Morgan fingerprint density at radius 3 is 1.23 bits per heavy atom. The van der Waals surface area contributed by atoms with Crippen LogP contribution in [0.15, 0.2) is 34.4 Å². The van der Waals surface area contributed by atoms with Crippen LogP contribution in [-0.4, -0.2) is 9.52 Å². The second kappa shape index (κ2) is 20.4. The van der Waals surface area contributed by atoms with E-state index >= 15 is 0 Å². The maximum absolute atomic E-state index is 3.36. The number of rotatable bonds is 4. The standard InChI is InChI=1S/2C10H15.C2H7Si.2ClH.Zr/c2*1-8(2)7-10-6-4-5-9(10)3;1-3-2;;;/h2*5,8H,4,7H2,1-3H3;3H,1-2H3;2*1H;/q2*-1;;;;+2. The summed E-state index contributed by atoms with van der Waals surface area (Å²) in [7, 11) is 0.750. The van der Waals surface area contributed by atoms with Crippen molar-refractivity contribution in [1.29, 1.82) is 0 Å². The Kier molecular flexibility index (Phi) is 26.8. The normalized spacial score (nSPS) is 14.2. The van der Waals surface area contributed by atoms with Crippen LogP contribution in [0.5, 0.6) is 0 Å². The molecule has 0 saturated heterocycles. The Morgan fingerprint density at radius 2 is 1.08 bits per heavy atom. The fourth-order valence-corrected chi connectivity index (χ4v) is 2.46. The van der Waals surface area contributed by atoms with Gasteiger partial charge in [-0.2, -0.15) is 12.2 Å². The van der Waals surface area contributed by atoms with Gasteiger partial charge < -0.3 is 0 Å². The number of allylic oxidation sites excluding steroid dienone is 8. The fraction of sp³-hybridized carbons (Fsp3) is 0.636. The molecule has 2 rings (SSSR count). The molecule has 0 aliphatic heterocycles. The molecule has 0 atom stereocenters. The van der Waals surface area contributed by atoms with E-state index in [4.69, 9.17) is 0 Å². The Balaban J connectivity index is -0.000000147. The zero-order valence-electron chi connectivity index (χ0n) is 18.0. The summed E-state index contributed by atoms with van der Waals surface area (Å²) in [6, 6.07) is 0. The zero-order valence-corrected chi connectivity index (χ0v) is 23.3. The minimum absolute atomic E-state index is 0. The molecule has 1 radical (unpaired) electrons. The van der Waals surface area contributed by atoms with Crippen molar-refractivity contribution >= 4 is 34.3 Å². The van der Waals surface area contributed by atoms with Crippen LogP contribution >= 0.6 is 24.8 Å². The first kappa shape index (κ1) is 34.2. The van der Waals surface area contributed by atoms with Gasteiger partial charge in [-0.3, -0.25) is 12.2 Å². The van der Waals surface area contributed by atoms with Crippen LogP contribution in [0.3, 0.4) is 0 Å². The molecule has 0 fully saturated rings. The molecule has 0 nitrogen and oxygen atoms in total. The molecule has 149 valence electrons. The summed E-state index contributed by atoms with van der Waals surface area (Å²) in [6.45, 7) is 17.8. The number of hydrogen-bond donors (Lipinski definition) is 0. The maximum atomic E-state index is 3.36. The van der Waals surface area contributed by atoms with E-state index in [1.807, 2.05) is 0 Å². The molecule has 2 aliphatic carbocycles. The Hall–Kier alpha value is 0.640. The van der Waals surface area contributed by atoms with Gasteiger partial charge in [-0.15, -0.1) is 51.5 Å². The molecule has 4 heteroatoms. The van der Waals surface area contributed by atoms with E-state index in [0.717, 1.165) is 34.2 Å². The predicted molar refractivity (Wildman–Crippen MR) is 123 cm³/mol. The van der Waals surface area contributed by atoms with Gasteiger partial charge in [0.1, 0.15) is 0 Å². The van der Waals surface area contributed by atoms with Crippen LogP contribution in [0.25, 0.3) is 0 Å². The molecule has 0 spiro atoms. The number of hydrogen-bond acceptors (Lipinski definition) is 0. The van der Waals surface area contributed by atoms with Crippen LogP contribution in [0.2, 0.25) is 13.1 Å².